The van der Waals surface area contributed by atoms with E-state index < -0.39 is 0 Å². The van der Waals surface area contributed by atoms with Crippen molar-refractivity contribution in [3.05, 3.63) is 22.7 Å². The van der Waals surface area contributed by atoms with Crippen LogP contribution in [0.3, 0.4) is 0 Å². The summed E-state index contributed by atoms with van der Waals surface area (Å²) in [7, 11) is 0. The van der Waals surface area contributed by atoms with Crippen molar-refractivity contribution in [2.75, 3.05) is 5.32 Å². The number of aromatic hydroxyl groups is 1. The highest BCUT2D eigenvalue weighted by molar-refractivity contribution is 6.33. The van der Waals surface area contributed by atoms with Gasteiger partial charge in [0, 0.05) is 5.92 Å². The largest absolute Gasteiger partial charge is 0.504 e. The quantitative estimate of drug-likeness (QED) is 0.764. The highest BCUT2D eigenvalue weighted by Crippen LogP contribution is 2.34. The van der Waals surface area contributed by atoms with E-state index in [-0.39, 0.29) is 22.6 Å². The summed E-state index contributed by atoms with van der Waals surface area (Å²) < 4.78 is 0. The molecule has 2 N–H and O–H groups in total. The lowest BCUT2D eigenvalue weighted by Crippen LogP contribution is -2.17. The highest BCUT2D eigenvalue weighted by Gasteiger charge is 2.12. The number of nitrogens with one attached hydrogen (secondary N) is 1. The summed E-state index contributed by atoms with van der Waals surface area (Å²) in [6.45, 7) is 5.35. The number of aryl methyl sites for hydroxylation is 1. The Morgan fingerprint density at radius 1 is 1.47 bits per heavy atom. The van der Waals surface area contributed by atoms with Gasteiger partial charge >= 0.3 is 0 Å². The molecule has 0 aromatic heterocycles. The van der Waals surface area contributed by atoms with E-state index in [9.17, 15) is 9.90 Å². The van der Waals surface area contributed by atoms with Crippen molar-refractivity contribution >= 4 is 23.2 Å². The molecule has 82 valence electrons. The number of phenolic OH excluding ortho intramolecular Hbond substituents is 1. The molecule has 1 aromatic carbocycles. The number of phenols is 1. The Morgan fingerprint density at radius 2 is 2.07 bits per heavy atom. The Balaban J connectivity index is 2.97. The van der Waals surface area contributed by atoms with Crippen molar-refractivity contribution in [1.29, 1.82) is 0 Å². The zero-order chi connectivity index (χ0) is 11.6. The molecular formula is C11H14ClNO2. The average molecular weight is 228 g/mol. The molecular weight excluding hydrogens is 214 g/mol. The van der Waals surface area contributed by atoms with Crippen LogP contribution in [0, 0.1) is 12.8 Å². The van der Waals surface area contributed by atoms with Crippen molar-refractivity contribution in [2.45, 2.75) is 20.8 Å². The van der Waals surface area contributed by atoms with E-state index in [1.54, 1.807) is 32.9 Å². The Labute approximate surface area is 94.1 Å². The number of hydrogen-bond acceptors (Lipinski definition) is 2. The summed E-state index contributed by atoms with van der Waals surface area (Å²) in [5, 5.41) is 12.5. The Morgan fingerprint density at radius 3 is 2.60 bits per heavy atom. The number of halogens is 1. The van der Waals surface area contributed by atoms with Crippen LogP contribution in [0.1, 0.15) is 19.4 Å². The average Bonchev–Trinajstić information content (AvgIpc) is 2.18. The second-order valence-corrected chi connectivity index (χ2v) is 4.11. The predicted molar refractivity (Wildman–Crippen MR) is 61.3 cm³/mol. The monoisotopic (exact) mass is 227 g/mol. The lowest BCUT2D eigenvalue weighted by molar-refractivity contribution is -0.118. The van der Waals surface area contributed by atoms with Gasteiger partial charge in [0.25, 0.3) is 0 Å². The van der Waals surface area contributed by atoms with Crippen molar-refractivity contribution in [3.8, 4) is 5.75 Å². The smallest absolute Gasteiger partial charge is 0.227 e. The molecule has 0 aliphatic carbocycles. The normalized spacial score (nSPS) is 10.5. The van der Waals surface area contributed by atoms with E-state index in [0.29, 0.717) is 5.69 Å². The first-order chi connectivity index (χ1) is 6.93. The predicted octanol–water partition coefficient (Wildman–Crippen LogP) is 2.95. The summed E-state index contributed by atoms with van der Waals surface area (Å²) in [6, 6.07) is 3.38. The lowest BCUT2D eigenvalue weighted by Gasteiger charge is -2.11. The molecule has 0 radical (unpaired) electrons. The number of rotatable bonds is 2. The molecule has 3 nitrogen and oxygen atoms in total. The molecule has 1 aromatic rings. The van der Waals surface area contributed by atoms with Crippen molar-refractivity contribution < 1.29 is 9.90 Å². The standard InChI is InChI=1S/C11H14ClNO2/c1-6(2)11(15)13-8-5-4-7(3)9(12)10(8)14/h4-6,14H,1-3H3,(H,13,15). The minimum atomic E-state index is -0.148. The van der Waals surface area contributed by atoms with Gasteiger partial charge in [-0.05, 0) is 18.6 Å². The van der Waals surface area contributed by atoms with Crippen molar-refractivity contribution in [2.24, 2.45) is 5.92 Å². The van der Waals surface area contributed by atoms with Gasteiger partial charge in [0.05, 0.1) is 10.7 Å². The second-order valence-electron chi connectivity index (χ2n) is 3.74. The first-order valence-corrected chi connectivity index (χ1v) is 5.10. The number of carbonyl (C=O) groups excluding carboxylic acids is 1. The first-order valence-electron chi connectivity index (χ1n) is 4.72. The third kappa shape index (κ3) is 2.63. The van der Waals surface area contributed by atoms with Gasteiger partial charge in [0.15, 0.2) is 5.75 Å². The molecule has 4 heteroatoms. The minimum absolute atomic E-state index is 0.0781. The van der Waals surface area contributed by atoms with Crippen LogP contribution in [0.25, 0.3) is 0 Å². The van der Waals surface area contributed by atoms with E-state index >= 15 is 0 Å². The van der Waals surface area contributed by atoms with E-state index in [1.807, 2.05) is 0 Å². The van der Waals surface area contributed by atoms with Crippen LogP contribution in [0.2, 0.25) is 5.02 Å². The number of benzene rings is 1. The first kappa shape index (κ1) is 11.9. The zero-order valence-corrected chi connectivity index (χ0v) is 9.72. The molecule has 0 bridgehead atoms. The molecule has 15 heavy (non-hydrogen) atoms. The topological polar surface area (TPSA) is 49.3 Å². The Hall–Kier alpha value is -1.22. The molecule has 0 aliphatic heterocycles. The number of carbonyl (C=O) groups is 1. The zero-order valence-electron chi connectivity index (χ0n) is 8.97. The van der Waals surface area contributed by atoms with Gasteiger partial charge in [0.2, 0.25) is 5.91 Å². The molecule has 0 fully saturated rings. The van der Waals surface area contributed by atoms with E-state index in [1.165, 1.54) is 0 Å². The van der Waals surface area contributed by atoms with Gasteiger partial charge in [-0.2, -0.15) is 0 Å². The third-order valence-corrected chi connectivity index (χ3v) is 2.57. The Bertz CT molecular complexity index is 388. The van der Waals surface area contributed by atoms with Gasteiger partial charge in [-0.25, -0.2) is 0 Å². The van der Waals surface area contributed by atoms with Crippen LogP contribution in [0.15, 0.2) is 12.1 Å². The molecule has 1 amide bonds. The van der Waals surface area contributed by atoms with Crippen molar-refractivity contribution in [1.82, 2.24) is 0 Å². The second kappa shape index (κ2) is 4.53. The van der Waals surface area contributed by atoms with Crippen molar-refractivity contribution in [3.63, 3.8) is 0 Å². The summed E-state index contributed by atoms with van der Waals surface area (Å²) in [5.74, 6) is -0.361. The number of hydrogen-bond donors (Lipinski definition) is 2. The summed E-state index contributed by atoms with van der Waals surface area (Å²) in [4.78, 5) is 11.4. The van der Waals surface area contributed by atoms with E-state index in [0.717, 1.165) is 5.56 Å². The van der Waals surface area contributed by atoms with Crippen LogP contribution in [0.4, 0.5) is 5.69 Å². The van der Waals surface area contributed by atoms with E-state index in [4.69, 9.17) is 11.6 Å². The van der Waals surface area contributed by atoms with Crippen LogP contribution < -0.4 is 5.32 Å². The van der Waals surface area contributed by atoms with Crippen LogP contribution in [-0.2, 0) is 4.79 Å². The maximum Gasteiger partial charge on any atom is 0.227 e. The van der Waals surface area contributed by atoms with Gasteiger partial charge < -0.3 is 10.4 Å². The maximum absolute atomic E-state index is 11.4. The molecule has 0 spiro atoms. The molecule has 0 heterocycles. The molecule has 0 saturated heterocycles. The van der Waals surface area contributed by atoms with Gasteiger partial charge in [-0.1, -0.05) is 31.5 Å². The van der Waals surface area contributed by atoms with E-state index in [2.05, 4.69) is 5.32 Å². The van der Waals surface area contributed by atoms with Gasteiger partial charge in [-0.15, -0.1) is 0 Å². The summed E-state index contributed by atoms with van der Waals surface area (Å²) in [5.41, 5.74) is 1.13. The van der Waals surface area contributed by atoms with Crippen LogP contribution >= 0.6 is 11.6 Å². The minimum Gasteiger partial charge on any atom is -0.504 e. The fourth-order valence-corrected chi connectivity index (χ4v) is 1.21. The highest BCUT2D eigenvalue weighted by atomic mass is 35.5. The van der Waals surface area contributed by atoms with Crippen LogP contribution in [0.5, 0.6) is 5.75 Å². The lowest BCUT2D eigenvalue weighted by atomic mass is 10.1. The molecule has 0 unspecified atom stereocenters. The summed E-state index contributed by atoms with van der Waals surface area (Å²) in [6.07, 6.45) is 0. The SMILES string of the molecule is Cc1ccc(NC(=O)C(C)C)c(O)c1Cl. The van der Waals surface area contributed by atoms with Gasteiger partial charge in [0.1, 0.15) is 0 Å². The van der Waals surface area contributed by atoms with Gasteiger partial charge in [-0.3, -0.25) is 4.79 Å². The molecule has 0 aliphatic rings. The maximum atomic E-state index is 11.4. The molecule has 0 saturated carbocycles. The third-order valence-electron chi connectivity index (χ3n) is 2.09. The fourth-order valence-electron chi connectivity index (χ4n) is 1.04. The number of anilines is 1. The number of amides is 1. The molecule has 1 rings (SSSR count). The summed E-state index contributed by atoms with van der Waals surface area (Å²) >= 11 is 5.84. The van der Waals surface area contributed by atoms with Crippen LogP contribution in [-0.4, -0.2) is 11.0 Å². The fraction of sp³-hybridized carbons (Fsp3) is 0.364. The molecule has 0 atom stereocenters. The Kier molecular flexibility index (Phi) is 3.58.